The molecule has 0 unspecified atom stereocenters. The molecular formula is C12H17N5O. The average molecular weight is 247 g/mol. The lowest BCUT2D eigenvalue weighted by atomic mass is 9.95. The highest BCUT2D eigenvalue weighted by Gasteiger charge is 2.20. The number of hydrogen-bond donors (Lipinski definition) is 1. The predicted octanol–water partition coefficient (Wildman–Crippen LogP) is 1.22. The first-order valence-electron chi connectivity index (χ1n) is 6.37. The summed E-state index contributed by atoms with van der Waals surface area (Å²) in [6, 6.07) is 0.377. The van der Waals surface area contributed by atoms with Gasteiger partial charge >= 0.3 is 0 Å². The summed E-state index contributed by atoms with van der Waals surface area (Å²) in [6.07, 6.45) is 7.67. The molecule has 18 heavy (non-hydrogen) atoms. The van der Waals surface area contributed by atoms with Gasteiger partial charge in [0.05, 0.1) is 6.33 Å². The molecule has 0 bridgehead atoms. The number of nitrogens with zero attached hydrogens (tertiary/aromatic N) is 4. The number of nitrogens with two attached hydrogens (primary N) is 1. The molecule has 2 aromatic heterocycles. The first-order valence-corrected chi connectivity index (χ1v) is 6.37. The average Bonchev–Trinajstić information content (AvgIpc) is 2.81. The van der Waals surface area contributed by atoms with Crippen LogP contribution in [0.5, 0.6) is 0 Å². The number of fused-ring (bicyclic) bond motifs is 1. The van der Waals surface area contributed by atoms with Crippen molar-refractivity contribution in [2.75, 3.05) is 5.73 Å². The third-order valence-electron chi connectivity index (χ3n) is 3.81. The zero-order chi connectivity index (χ0) is 12.7. The van der Waals surface area contributed by atoms with E-state index in [1.807, 2.05) is 4.57 Å². The van der Waals surface area contributed by atoms with E-state index in [4.69, 9.17) is 5.73 Å². The van der Waals surface area contributed by atoms with Crippen LogP contribution in [0.3, 0.4) is 0 Å². The Morgan fingerprint density at radius 1 is 1.33 bits per heavy atom. The maximum atomic E-state index is 12.3. The number of anilines is 1. The lowest BCUT2D eigenvalue weighted by molar-refractivity contribution is 0.359. The third-order valence-corrected chi connectivity index (χ3v) is 3.81. The zero-order valence-corrected chi connectivity index (χ0v) is 10.5. The Kier molecular flexibility index (Phi) is 2.57. The van der Waals surface area contributed by atoms with E-state index in [2.05, 4.69) is 9.97 Å². The maximum Gasteiger partial charge on any atom is 0.280 e. The molecule has 0 atom stereocenters. The molecule has 2 N–H and O–H groups in total. The van der Waals surface area contributed by atoms with Crippen LogP contribution in [0.1, 0.15) is 38.1 Å². The second kappa shape index (κ2) is 4.12. The molecule has 0 spiro atoms. The Morgan fingerprint density at radius 2 is 2.06 bits per heavy atom. The molecule has 2 aromatic rings. The van der Waals surface area contributed by atoms with Gasteiger partial charge in [0.25, 0.3) is 5.56 Å². The van der Waals surface area contributed by atoms with Gasteiger partial charge in [0.2, 0.25) is 5.95 Å². The van der Waals surface area contributed by atoms with E-state index >= 15 is 0 Å². The van der Waals surface area contributed by atoms with Crippen molar-refractivity contribution in [2.45, 2.75) is 38.1 Å². The van der Waals surface area contributed by atoms with Gasteiger partial charge in [0.15, 0.2) is 11.2 Å². The van der Waals surface area contributed by atoms with Crippen molar-refractivity contribution < 1.29 is 0 Å². The van der Waals surface area contributed by atoms with Crippen molar-refractivity contribution in [1.29, 1.82) is 0 Å². The molecule has 1 fully saturated rings. The smallest absolute Gasteiger partial charge is 0.280 e. The number of rotatable bonds is 1. The van der Waals surface area contributed by atoms with Crippen LogP contribution in [-0.4, -0.2) is 19.1 Å². The normalized spacial score (nSPS) is 17.4. The van der Waals surface area contributed by atoms with E-state index in [1.165, 1.54) is 23.8 Å². The van der Waals surface area contributed by atoms with Crippen LogP contribution in [0.25, 0.3) is 11.2 Å². The maximum absolute atomic E-state index is 12.3. The summed E-state index contributed by atoms with van der Waals surface area (Å²) in [5, 5.41) is 0. The monoisotopic (exact) mass is 247 g/mol. The van der Waals surface area contributed by atoms with Gasteiger partial charge in [0.1, 0.15) is 0 Å². The van der Waals surface area contributed by atoms with Gasteiger partial charge in [0, 0.05) is 13.1 Å². The lowest BCUT2D eigenvalue weighted by Gasteiger charge is -2.23. The minimum atomic E-state index is -0.111. The van der Waals surface area contributed by atoms with E-state index < -0.39 is 0 Å². The van der Waals surface area contributed by atoms with Gasteiger partial charge in [-0.15, -0.1) is 0 Å². The van der Waals surface area contributed by atoms with Gasteiger partial charge in [-0.25, -0.2) is 4.98 Å². The van der Waals surface area contributed by atoms with Crippen molar-refractivity contribution in [3.8, 4) is 0 Å². The van der Waals surface area contributed by atoms with Gasteiger partial charge in [-0.05, 0) is 12.8 Å². The molecule has 96 valence electrons. The molecular weight excluding hydrogens is 230 g/mol. The van der Waals surface area contributed by atoms with E-state index in [1.54, 1.807) is 13.4 Å². The minimum absolute atomic E-state index is 0.111. The SMILES string of the molecule is Cn1c(N)nc2ncn(C3CCCCC3)c2c1=O. The second-order valence-electron chi connectivity index (χ2n) is 4.95. The number of imidazole rings is 1. The molecule has 2 heterocycles. The molecule has 3 rings (SSSR count). The highest BCUT2D eigenvalue weighted by molar-refractivity contribution is 5.71. The molecule has 6 nitrogen and oxygen atoms in total. The van der Waals surface area contributed by atoms with Crippen LogP contribution in [-0.2, 0) is 7.05 Å². The summed E-state index contributed by atoms with van der Waals surface area (Å²) < 4.78 is 3.37. The molecule has 0 amide bonds. The molecule has 1 saturated carbocycles. The van der Waals surface area contributed by atoms with Crippen molar-refractivity contribution in [3.63, 3.8) is 0 Å². The van der Waals surface area contributed by atoms with Crippen LogP contribution in [0.4, 0.5) is 5.95 Å². The standard InChI is InChI=1S/C12H17N5O/c1-16-11(18)9-10(15-12(16)13)14-7-17(9)8-5-3-2-4-6-8/h7-8H,2-6H2,1H3,(H2,13,15). The number of hydrogen-bond acceptors (Lipinski definition) is 4. The van der Waals surface area contributed by atoms with Crippen LogP contribution >= 0.6 is 0 Å². The largest absolute Gasteiger partial charge is 0.369 e. The first kappa shape index (κ1) is 11.3. The zero-order valence-electron chi connectivity index (χ0n) is 10.5. The molecule has 0 aromatic carbocycles. The Balaban J connectivity index is 2.19. The first-order chi connectivity index (χ1) is 8.68. The quantitative estimate of drug-likeness (QED) is 0.821. The molecule has 1 aliphatic rings. The number of aromatic nitrogens is 4. The predicted molar refractivity (Wildman–Crippen MR) is 69.3 cm³/mol. The van der Waals surface area contributed by atoms with Gasteiger partial charge in [-0.3, -0.25) is 9.36 Å². The molecule has 0 saturated heterocycles. The summed E-state index contributed by atoms with van der Waals surface area (Å²) in [7, 11) is 1.64. The molecule has 6 heteroatoms. The van der Waals surface area contributed by atoms with Crippen LogP contribution in [0.2, 0.25) is 0 Å². The summed E-state index contributed by atoms with van der Waals surface area (Å²) >= 11 is 0. The Hall–Kier alpha value is -1.85. The molecule has 0 radical (unpaired) electrons. The van der Waals surface area contributed by atoms with Crippen molar-refractivity contribution in [1.82, 2.24) is 19.1 Å². The Labute approximate surface area is 104 Å². The van der Waals surface area contributed by atoms with Crippen LogP contribution < -0.4 is 11.3 Å². The fourth-order valence-corrected chi connectivity index (χ4v) is 2.72. The summed E-state index contributed by atoms with van der Waals surface area (Å²) in [5.74, 6) is 0.210. The van der Waals surface area contributed by atoms with Crippen molar-refractivity contribution in [3.05, 3.63) is 16.7 Å². The van der Waals surface area contributed by atoms with E-state index in [9.17, 15) is 4.79 Å². The second-order valence-corrected chi connectivity index (χ2v) is 4.95. The van der Waals surface area contributed by atoms with E-state index in [0.717, 1.165) is 12.8 Å². The van der Waals surface area contributed by atoms with Crippen LogP contribution in [0.15, 0.2) is 11.1 Å². The lowest BCUT2D eigenvalue weighted by Crippen LogP contribution is -2.24. The van der Waals surface area contributed by atoms with Gasteiger partial charge in [-0.2, -0.15) is 4.98 Å². The summed E-state index contributed by atoms with van der Waals surface area (Å²) in [6.45, 7) is 0. The minimum Gasteiger partial charge on any atom is -0.369 e. The third kappa shape index (κ3) is 1.60. The van der Waals surface area contributed by atoms with E-state index in [-0.39, 0.29) is 11.5 Å². The molecule has 0 aliphatic heterocycles. The van der Waals surface area contributed by atoms with Crippen molar-refractivity contribution in [2.24, 2.45) is 7.05 Å². The van der Waals surface area contributed by atoms with Crippen molar-refractivity contribution >= 4 is 17.1 Å². The highest BCUT2D eigenvalue weighted by atomic mass is 16.1. The summed E-state index contributed by atoms with van der Waals surface area (Å²) in [4.78, 5) is 20.6. The van der Waals surface area contributed by atoms with Crippen LogP contribution in [0, 0.1) is 0 Å². The molecule has 1 aliphatic carbocycles. The number of nitrogen functional groups attached to an aromatic ring is 1. The topological polar surface area (TPSA) is 78.7 Å². The fraction of sp³-hybridized carbons (Fsp3) is 0.583. The van der Waals surface area contributed by atoms with Gasteiger partial charge in [-0.1, -0.05) is 19.3 Å². The van der Waals surface area contributed by atoms with Gasteiger partial charge < -0.3 is 10.3 Å². The fourth-order valence-electron chi connectivity index (χ4n) is 2.72. The van der Waals surface area contributed by atoms with E-state index in [0.29, 0.717) is 17.2 Å². The Bertz CT molecular complexity index is 636. The Morgan fingerprint density at radius 3 is 2.78 bits per heavy atom. The summed E-state index contributed by atoms with van der Waals surface area (Å²) in [5.41, 5.74) is 6.61. The highest BCUT2D eigenvalue weighted by Crippen LogP contribution is 2.29.